The molecule has 0 unspecified atom stereocenters. The normalized spacial score (nSPS) is 13.8. The van der Waals surface area contributed by atoms with E-state index < -0.39 is 29.4 Å². The van der Waals surface area contributed by atoms with Crippen LogP contribution in [0.2, 0.25) is 5.15 Å². The lowest BCUT2D eigenvalue weighted by atomic mass is 10.1. The van der Waals surface area contributed by atoms with Crippen molar-refractivity contribution < 1.29 is 23.5 Å². The number of hydrogen-bond acceptors (Lipinski definition) is 7. The van der Waals surface area contributed by atoms with Crippen LogP contribution in [0.3, 0.4) is 0 Å². The van der Waals surface area contributed by atoms with Crippen LogP contribution < -0.4 is 16.2 Å². The van der Waals surface area contributed by atoms with Crippen LogP contribution in [-0.2, 0) is 27.3 Å². The summed E-state index contributed by atoms with van der Waals surface area (Å²) in [6, 6.07) is 1.71. The molecule has 0 aliphatic heterocycles. The minimum absolute atomic E-state index is 0.0742. The molecule has 1 saturated carbocycles. The second kappa shape index (κ2) is 12.9. The fraction of sp³-hybridized carbons (Fsp3) is 0.407. The van der Waals surface area contributed by atoms with Crippen LogP contribution in [-0.4, -0.2) is 69.6 Å². The summed E-state index contributed by atoms with van der Waals surface area (Å²) in [5.74, 6) is -0.659. The molecule has 0 radical (unpaired) electrons. The topological polar surface area (TPSA) is 151 Å². The van der Waals surface area contributed by atoms with Gasteiger partial charge in [0.05, 0.1) is 31.1 Å². The lowest BCUT2D eigenvalue weighted by Crippen LogP contribution is -2.44. The lowest BCUT2D eigenvalue weighted by Gasteiger charge is -2.17. The summed E-state index contributed by atoms with van der Waals surface area (Å²) in [6.07, 6.45) is 6.59. The molecular formula is C27H31ClFN7O5. The molecule has 41 heavy (non-hydrogen) atoms. The number of nitrogens with one attached hydrogen (secondary N) is 3. The van der Waals surface area contributed by atoms with Crippen LogP contribution in [0.25, 0.3) is 11.0 Å². The molecule has 0 saturated heterocycles. The van der Waals surface area contributed by atoms with E-state index >= 15 is 0 Å². The van der Waals surface area contributed by atoms with E-state index in [4.69, 9.17) is 11.6 Å². The number of aromatic amines is 1. The molecule has 3 aromatic rings. The Morgan fingerprint density at radius 1 is 1.32 bits per heavy atom. The first-order valence-corrected chi connectivity index (χ1v) is 13.4. The molecule has 1 fully saturated rings. The first-order valence-electron chi connectivity index (χ1n) is 13.0. The third kappa shape index (κ3) is 7.48. The number of pyridine rings is 2. The van der Waals surface area contributed by atoms with Crippen molar-refractivity contribution in [2.45, 2.75) is 44.7 Å². The van der Waals surface area contributed by atoms with Crippen molar-refractivity contribution in [3.8, 4) is 0 Å². The van der Waals surface area contributed by atoms with Crippen molar-refractivity contribution in [3.63, 3.8) is 0 Å². The van der Waals surface area contributed by atoms with E-state index in [9.17, 15) is 23.6 Å². The van der Waals surface area contributed by atoms with Crippen molar-refractivity contribution in [3.05, 3.63) is 63.3 Å². The zero-order valence-electron chi connectivity index (χ0n) is 22.9. The van der Waals surface area contributed by atoms with E-state index in [-0.39, 0.29) is 41.7 Å². The van der Waals surface area contributed by atoms with Gasteiger partial charge in [-0.15, -0.1) is 0 Å². The van der Waals surface area contributed by atoms with Gasteiger partial charge in [-0.25, -0.2) is 14.2 Å². The summed E-state index contributed by atoms with van der Waals surface area (Å²) in [4.78, 5) is 63.0. The molecule has 0 spiro atoms. The molecule has 218 valence electrons. The number of methoxy groups -OCH3 is 1. The molecule has 12 nitrogen and oxygen atoms in total. The van der Waals surface area contributed by atoms with Crippen LogP contribution in [0.5, 0.6) is 0 Å². The summed E-state index contributed by atoms with van der Waals surface area (Å²) >= 11 is 6.32. The van der Waals surface area contributed by atoms with Crippen molar-refractivity contribution in [1.29, 1.82) is 0 Å². The van der Waals surface area contributed by atoms with Crippen LogP contribution in [0.1, 0.15) is 37.2 Å². The first-order chi connectivity index (χ1) is 19.6. The molecule has 3 aromatic heterocycles. The van der Waals surface area contributed by atoms with E-state index in [0.717, 1.165) is 26.1 Å². The summed E-state index contributed by atoms with van der Waals surface area (Å²) in [6.45, 7) is -0.118. The minimum Gasteiger partial charge on any atom is -0.453 e. The van der Waals surface area contributed by atoms with E-state index in [2.05, 4.69) is 30.3 Å². The highest BCUT2D eigenvalue weighted by molar-refractivity contribution is 6.29. The maximum atomic E-state index is 14.5. The van der Waals surface area contributed by atoms with Crippen molar-refractivity contribution in [2.75, 3.05) is 26.5 Å². The predicted octanol–water partition coefficient (Wildman–Crippen LogP) is 3.00. The van der Waals surface area contributed by atoms with Gasteiger partial charge in [0.2, 0.25) is 11.8 Å². The molecule has 3 heterocycles. The average molecular weight is 588 g/mol. The van der Waals surface area contributed by atoms with E-state index in [1.165, 1.54) is 27.7 Å². The number of imidazole rings is 1. The number of aromatic nitrogens is 4. The van der Waals surface area contributed by atoms with Gasteiger partial charge in [0.1, 0.15) is 28.2 Å². The van der Waals surface area contributed by atoms with Gasteiger partial charge in [0.15, 0.2) is 5.82 Å². The van der Waals surface area contributed by atoms with E-state index in [1.807, 2.05) is 0 Å². The Hall–Kier alpha value is -4.26. The molecule has 3 N–H and O–H groups in total. The smallest absolute Gasteiger partial charge is 0.407 e. The molecule has 0 bridgehead atoms. The third-order valence-corrected chi connectivity index (χ3v) is 6.91. The van der Waals surface area contributed by atoms with Gasteiger partial charge in [-0.1, -0.05) is 17.7 Å². The number of H-pyrrole nitrogens is 1. The summed E-state index contributed by atoms with van der Waals surface area (Å²) in [7, 11) is 4.38. The zero-order chi connectivity index (χ0) is 29.7. The number of carbonyl (C=O) groups excluding carboxylic acids is 3. The van der Waals surface area contributed by atoms with Gasteiger partial charge in [0, 0.05) is 14.1 Å². The molecule has 0 aromatic carbocycles. The maximum Gasteiger partial charge on any atom is 0.407 e. The molecule has 3 amide bonds. The van der Waals surface area contributed by atoms with E-state index in [0.29, 0.717) is 29.4 Å². The van der Waals surface area contributed by atoms with Gasteiger partial charge in [-0.05, 0) is 56.2 Å². The number of fused-ring (bicyclic) bond motifs is 1. The van der Waals surface area contributed by atoms with Crippen LogP contribution in [0.15, 0.2) is 35.3 Å². The SMILES string of the molecule is COC(=O)N[C@@H](CC/C=C/C(=O)N(C)C)C(=O)Nc1ccc(Cl)n(Cc2nc3c(F)cnc(CC4CC4)c3[nH]2)c1=O. The highest BCUT2D eigenvalue weighted by atomic mass is 35.5. The molecule has 1 aliphatic rings. The number of amides is 3. The molecule has 14 heteroatoms. The Morgan fingerprint density at radius 3 is 2.76 bits per heavy atom. The fourth-order valence-corrected chi connectivity index (χ4v) is 4.32. The Kier molecular flexibility index (Phi) is 9.38. The van der Waals surface area contributed by atoms with Crippen molar-refractivity contribution in [2.24, 2.45) is 5.92 Å². The number of likely N-dealkylation sites (N-methyl/N-ethyl adjacent to an activating group) is 1. The number of carbonyl (C=O) groups is 3. The van der Waals surface area contributed by atoms with Gasteiger partial charge < -0.3 is 25.3 Å². The second-order valence-electron chi connectivity index (χ2n) is 9.96. The van der Waals surface area contributed by atoms with Crippen molar-refractivity contribution in [1.82, 2.24) is 29.7 Å². The lowest BCUT2D eigenvalue weighted by molar-refractivity contribution is -0.123. The fourth-order valence-electron chi connectivity index (χ4n) is 4.12. The largest absolute Gasteiger partial charge is 0.453 e. The van der Waals surface area contributed by atoms with Crippen LogP contribution >= 0.6 is 11.6 Å². The standard InChI is InChI=1S/C27H31ClFN7O5/c1-35(2)22(37)7-5-4-6-17(32-27(40)41-3)25(38)31-18-10-11-20(28)36(26(18)39)14-21-33-23-16(29)13-30-19(24(23)34-21)12-15-8-9-15/h5,7,10-11,13,15,17H,4,6,8-9,12,14H2,1-3H3,(H,31,38)(H,32,40)(H,33,34)/b7-5+/t17-/m0/s1. The minimum atomic E-state index is -1.07. The van der Waals surface area contributed by atoms with E-state index in [1.54, 1.807) is 20.2 Å². The Bertz CT molecular complexity index is 1550. The molecule has 4 rings (SSSR count). The van der Waals surface area contributed by atoms with Gasteiger partial charge >= 0.3 is 6.09 Å². The zero-order valence-corrected chi connectivity index (χ0v) is 23.6. The Morgan fingerprint density at radius 2 is 2.07 bits per heavy atom. The monoisotopic (exact) mass is 587 g/mol. The first kappa shape index (κ1) is 29.7. The second-order valence-corrected chi connectivity index (χ2v) is 10.3. The molecule has 1 aliphatic carbocycles. The quantitative estimate of drug-likeness (QED) is 0.230. The maximum absolute atomic E-state index is 14.5. The number of ether oxygens (including phenoxy) is 1. The number of anilines is 1. The number of alkyl carbamates (subject to hydrolysis) is 1. The predicted molar refractivity (Wildman–Crippen MR) is 150 cm³/mol. The van der Waals surface area contributed by atoms with Gasteiger partial charge in [-0.3, -0.25) is 23.9 Å². The Balaban J connectivity index is 1.52. The number of hydrogen-bond donors (Lipinski definition) is 3. The number of allylic oxidation sites excluding steroid dienone is 1. The van der Waals surface area contributed by atoms with Crippen LogP contribution in [0.4, 0.5) is 14.9 Å². The number of rotatable bonds is 11. The summed E-state index contributed by atoms with van der Waals surface area (Å²) in [5.41, 5.74) is 0.618. The van der Waals surface area contributed by atoms with Crippen LogP contribution in [0, 0.1) is 11.7 Å². The third-order valence-electron chi connectivity index (χ3n) is 6.58. The molecular weight excluding hydrogens is 557 g/mol. The average Bonchev–Trinajstić information content (AvgIpc) is 3.66. The highest BCUT2D eigenvalue weighted by Gasteiger charge is 2.25. The summed E-state index contributed by atoms with van der Waals surface area (Å²) < 4.78 is 20.3. The number of halogens is 2. The molecule has 1 atom stereocenters. The number of nitrogens with zero attached hydrogens (tertiary/aromatic N) is 4. The highest BCUT2D eigenvalue weighted by Crippen LogP contribution is 2.33. The Labute approximate surface area is 239 Å². The van der Waals surface area contributed by atoms with Crippen molar-refractivity contribution >= 4 is 46.2 Å². The summed E-state index contributed by atoms with van der Waals surface area (Å²) in [5, 5.41) is 5.04. The van der Waals surface area contributed by atoms with Gasteiger partial charge in [-0.2, -0.15) is 0 Å². The van der Waals surface area contributed by atoms with Gasteiger partial charge in [0.25, 0.3) is 5.56 Å².